The number of benzene rings is 2. The predicted octanol–water partition coefficient (Wildman–Crippen LogP) is 3.63. The third-order valence-corrected chi connectivity index (χ3v) is 5.09. The molecule has 0 spiro atoms. The first kappa shape index (κ1) is 16.8. The Balaban J connectivity index is 1.62. The van der Waals surface area contributed by atoms with E-state index in [-0.39, 0.29) is 0 Å². The molecule has 5 heteroatoms. The highest BCUT2D eigenvalue weighted by atomic mass is 16.3. The fourth-order valence-electron chi connectivity index (χ4n) is 3.55. The zero-order valence-corrected chi connectivity index (χ0v) is 15.5. The van der Waals surface area contributed by atoms with Crippen LogP contribution in [0.15, 0.2) is 42.7 Å². The molecule has 0 radical (unpaired) electrons. The Hall–Kier alpha value is -2.66. The minimum atomic E-state index is -0.517. The number of hydrogen-bond donors (Lipinski definition) is 1. The number of aromatic nitrogens is 4. The molecule has 2 heterocycles. The molecule has 0 unspecified atom stereocenters. The molecule has 0 fully saturated rings. The smallest absolute Gasteiger partial charge is 0.109 e. The number of aliphatic hydroxyl groups excluding tert-OH is 1. The van der Waals surface area contributed by atoms with E-state index in [1.807, 2.05) is 29.1 Å². The van der Waals surface area contributed by atoms with Crippen molar-refractivity contribution in [2.75, 3.05) is 0 Å². The molecule has 5 nitrogen and oxygen atoms in total. The molecule has 0 saturated heterocycles. The maximum absolute atomic E-state index is 10.8. The molecule has 0 saturated carbocycles. The minimum absolute atomic E-state index is 0.509. The lowest BCUT2D eigenvalue weighted by Crippen LogP contribution is -2.23. The first-order valence-electron chi connectivity index (χ1n) is 9.11. The first-order chi connectivity index (χ1) is 12.6. The summed E-state index contributed by atoms with van der Waals surface area (Å²) >= 11 is 0. The highest BCUT2D eigenvalue weighted by Crippen LogP contribution is 2.20. The highest BCUT2D eigenvalue weighted by molar-refractivity contribution is 5.77. The van der Waals surface area contributed by atoms with Crippen LogP contribution >= 0.6 is 0 Å². The van der Waals surface area contributed by atoms with E-state index in [0.717, 1.165) is 34.3 Å². The van der Waals surface area contributed by atoms with Crippen LogP contribution in [0, 0.1) is 13.8 Å². The Morgan fingerprint density at radius 2 is 1.77 bits per heavy atom. The normalized spacial score (nSPS) is 12.9. The second-order valence-electron chi connectivity index (χ2n) is 6.96. The minimum Gasteiger partial charge on any atom is -0.389 e. The van der Waals surface area contributed by atoms with Gasteiger partial charge in [0.05, 0.1) is 47.6 Å². The molecule has 0 aliphatic rings. The van der Waals surface area contributed by atoms with Crippen molar-refractivity contribution in [3.05, 3.63) is 59.7 Å². The van der Waals surface area contributed by atoms with Gasteiger partial charge >= 0.3 is 0 Å². The van der Waals surface area contributed by atoms with Gasteiger partial charge in [0, 0.05) is 6.42 Å². The largest absolute Gasteiger partial charge is 0.389 e. The van der Waals surface area contributed by atoms with Gasteiger partial charge in [0.15, 0.2) is 0 Å². The van der Waals surface area contributed by atoms with Gasteiger partial charge in [0.25, 0.3) is 0 Å². The summed E-state index contributed by atoms with van der Waals surface area (Å²) in [4.78, 5) is 9.17. The predicted molar refractivity (Wildman–Crippen MR) is 104 cm³/mol. The van der Waals surface area contributed by atoms with Crippen molar-refractivity contribution in [2.45, 2.75) is 46.4 Å². The topological polar surface area (TPSA) is 55.9 Å². The monoisotopic (exact) mass is 348 g/mol. The van der Waals surface area contributed by atoms with Crippen LogP contribution in [0.3, 0.4) is 0 Å². The van der Waals surface area contributed by atoms with Crippen molar-refractivity contribution >= 4 is 22.1 Å². The molecule has 4 aromatic rings. The zero-order valence-electron chi connectivity index (χ0n) is 15.5. The summed E-state index contributed by atoms with van der Waals surface area (Å²) in [5.41, 5.74) is 6.57. The van der Waals surface area contributed by atoms with E-state index in [0.29, 0.717) is 13.1 Å². The Morgan fingerprint density at radius 1 is 1.00 bits per heavy atom. The van der Waals surface area contributed by atoms with Crippen molar-refractivity contribution in [3.63, 3.8) is 0 Å². The Bertz CT molecular complexity index is 1080. The SMILES string of the molecule is CCc1nc2ccccc2n1C[C@H](O)Cn1cnc2cc(C)c(C)cc21. The van der Waals surface area contributed by atoms with Crippen LogP contribution in [0.1, 0.15) is 23.9 Å². The molecule has 2 aromatic carbocycles. The number of imidazole rings is 2. The number of hydrogen-bond acceptors (Lipinski definition) is 3. The fraction of sp³-hybridized carbons (Fsp3) is 0.333. The molecule has 0 amide bonds. The molecule has 134 valence electrons. The number of para-hydroxylation sites is 2. The maximum atomic E-state index is 10.8. The van der Waals surface area contributed by atoms with Gasteiger partial charge in [-0.25, -0.2) is 9.97 Å². The number of nitrogens with zero attached hydrogens (tertiary/aromatic N) is 4. The van der Waals surface area contributed by atoms with Gasteiger partial charge in [-0.2, -0.15) is 0 Å². The van der Waals surface area contributed by atoms with Gasteiger partial charge in [0.2, 0.25) is 0 Å². The van der Waals surface area contributed by atoms with Crippen molar-refractivity contribution in [1.29, 1.82) is 0 Å². The van der Waals surface area contributed by atoms with Crippen LogP contribution in [0.25, 0.3) is 22.1 Å². The van der Waals surface area contributed by atoms with E-state index >= 15 is 0 Å². The van der Waals surface area contributed by atoms with Crippen LogP contribution in [0.4, 0.5) is 0 Å². The average Bonchev–Trinajstić information content (AvgIpc) is 3.17. The fourth-order valence-corrected chi connectivity index (χ4v) is 3.55. The second-order valence-corrected chi connectivity index (χ2v) is 6.96. The lowest BCUT2D eigenvalue weighted by Gasteiger charge is -2.15. The number of rotatable bonds is 5. The van der Waals surface area contributed by atoms with E-state index in [4.69, 9.17) is 0 Å². The average molecular weight is 348 g/mol. The molecule has 2 aromatic heterocycles. The summed E-state index contributed by atoms with van der Waals surface area (Å²) in [7, 11) is 0. The van der Waals surface area contributed by atoms with E-state index in [1.165, 1.54) is 11.1 Å². The zero-order chi connectivity index (χ0) is 18.3. The standard InChI is InChI=1S/C21H24N4O/c1-4-21-23-17-7-5-6-8-19(17)25(21)12-16(26)11-24-13-22-18-9-14(2)15(3)10-20(18)24/h5-10,13,16,26H,4,11-12H2,1-3H3/t16-/m1/s1. The summed E-state index contributed by atoms with van der Waals surface area (Å²) in [5, 5.41) is 10.8. The van der Waals surface area contributed by atoms with Crippen LogP contribution in [0.2, 0.25) is 0 Å². The Labute approximate surface area is 152 Å². The van der Waals surface area contributed by atoms with Crippen molar-refractivity contribution in [3.8, 4) is 0 Å². The summed E-state index contributed by atoms with van der Waals surface area (Å²) in [5.74, 6) is 1.01. The highest BCUT2D eigenvalue weighted by Gasteiger charge is 2.15. The lowest BCUT2D eigenvalue weighted by atomic mass is 10.1. The maximum Gasteiger partial charge on any atom is 0.109 e. The van der Waals surface area contributed by atoms with Crippen LogP contribution < -0.4 is 0 Å². The molecule has 1 N–H and O–H groups in total. The third kappa shape index (κ3) is 2.88. The van der Waals surface area contributed by atoms with Crippen LogP contribution in [-0.4, -0.2) is 30.3 Å². The lowest BCUT2D eigenvalue weighted by molar-refractivity contribution is 0.136. The molecule has 0 aliphatic carbocycles. The third-order valence-electron chi connectivity index (χ3n) is 5.09. The molecule has 0 aliphatic heterocycles. The summed E-state index contributed by atoms with van der Waals surface area (Å²) in [6, 6.07) is 12.3. The molecule has 1 atom stereocenters. The van der Waals surface area contributed by atoms with Gasteiger partial charge < -0.3 is 14.2 Å². The molecule has 0 bridgehead atoms. The first-order valence-corrected chi connectivity index (χ1v) is 9.11. The molecule has 26 heavy (non-hydrogen) atoms. The summed E-state index contributed by atoms with van der Waals surface area (Å²) in [6.45, 7) is 7.33. The van der Waals surface area contributed by atoms with Crippen molar-refractivity contribution in [2.24, 2.45) is 0 Å². The number of aliphatic hydroxyl groups is 1. The van der Waals surface area contributed by atoms with Gasteiger partial charge in [-0.15, -0.1) is 0 Å². The quantitative estimate of drug-likeness (QED) is 0.599. The van der Waals surface area contributed by atoms with Gasteiger partial charge in [-0.1, -0.05) is 19.1 Å². The van der Waals surface area contributed by atoms with Gasteiger partial charge in [-0.05, 0) is 49.2 Å². The summed E-state index contributed by atoms with van der Waals surface area (Å²) < 4.78 is 4.17. The van der Waals surface area contributed by atoms with E-state index in [1.54, 1.807) is 0 Å². The number of aryl methyl sites for hydroxylation is 3. The second kappa shape index (κ2) is 6.57. The van der Waals surface area contributed by atoms with Crippen molar-refractivity contribution < 1.29 is 5.11 Å². The molecule has 4 rings (SSSR count). The Kier molecular flexibility index (Phi) is 4.24. The Morgan fingerprint density at radius 3 is 2.58 bits per heavy atom. The van der Waals surface area contributed by atoms with Gasteiger partial charge in [0.1, 0.15) is 5.82 Å². The van der Waals surface area contributed by atoms with Gasteiger partial charge in [-0.3, -0.25) is 0 Å². The van der Waals surface area contributed by atoms with E-state index in [2.05, 4.69) is 53.5 Å². The molecular weight excluding hydrogens is 324 g/mol. The van der Waals surface area contributed by atoms with Crippen molar-refractivity contribution in [1.82, 2.24) is 19.1 Å². The van der Waals surface area contributed by atoms with E-state index < -0.39 is 6.10 Å². The molecular formula is C21H24N4O. The number of fused-ring (bicyclic) bond motifs is 2. The van der Waals surface area contributed by atoms with E-state index in [9.17, 15) is 5.11 Å². The van der Waals surface area contributed by atoms with Crippen LogP contribution in [-0.2, 0) is 19.5 Å². The summed E-state index contributed by atoms with van der Waals surface area (Å²) in [6.07, 6.45) is 2.14. The van der Waals surface area contributed by atoms with Crippen LogP contribution in [0.5, 0.6) is 0 Å².